The second-order valence-electron chi connectivity index (χ2n) is 9.45. The lowest BCUT2D eigenvalue weighted by Crippen LogP contribution is -2.66. The number of aliphatic carboxylic acids is 1. The van der Waals surface area contributed by atoms with Crippen molar-refractivity contribution in [3.05, 3.63) is 10.6 Å². The molecule has 2 amide bonds. The molecule has 0 saturated carbocycles. The van der Waals surface area contributed by atoms with E-state index in [4.69, 9.17) is 5.14 Å². The highest BCUT2D eigenvalue weighted by Crippen LogP contribution is 2.51. The van der Waals surface area contributed by atoms with Crippen LogP contribution in [0.1, 0.15) is 33.1 Å². The Hall–Kier alpha value is -1.71. The molecule has 3 fully saturated rings. The lowest BCUT2D eigenvalue weighted by molar-refractivity contribution is -0.158. The Labute approximate surface area is 203 Å². The van der Waals surface area contributed by atoms with E-state index in [1.165, 1.54) is 16.7 Å². The molecule has 0 spiro atoms. The molecule has 4 rings (SSSR count). The largest absolute Gasteiger partial charge is 0.477 e. The van der Waals surface area contributed by atoms with Crippen LogP contribution < -0.4 is 25.8 Å². The van der Waals surface area contributed by atoms with Gasteiger partial charge in [0.1, 0.15) is 5.70 Å². The van der Waals surface area contributed by atoms with Gasteiger partial charge in [-0.15, -0.1) is 11.8 Å². The Bertz CT molecular complexity index is 998. The molecule has 0 bridgehead atoms. The first-order chi connectivity index (χ1) is 16.0. The third-order valence-corrected chi connectivity index (χ3v) is 9.16. The summed E-state index contributed by atoms with van der Waals surface area (Å²) < 4.78 is 24.6. The predicted molar refractivity (Wildman–Crippen MR) is 125 cm³/mol. The number of thioether (sulfide) groups is 1. The van der Waals surface area contributed by atoms with E-state index in [9.17, 15) is 27.9 Å². The lowest BCUT2D eigenvalue weighted by atomic mass is 9.78. The highest BCUT2D eigenvalue weighted by atomic mass is 32.2. The number of nitrogens with two attached hydrogens (primary N) is 1. The minimum Gasteiger partial charge on any atom is -0.477 e. The molecule has 0 aromatic carbocycles. The summed E-state index contributed by atoms with van der Waals surface area (Å²) in [7, 11) is -3.78. The lowest BCUT2D eigenvalue weighted by Gasteiger charge is -2.47. The quantitative estimate of drug-likeness (QED) is 0.194. The average molecular weight is 517 g/mol. The van der Waals surface area contributed by atoms with Crippen molar-refractivity contribution in [3.63, 3.8) is 0 Å². The Morgan fingerprint density at radius 2 is 2.09 bits per heavy atom. The summed E-state index contributed by atoms with van der Waals surface area (Å²) in [5, 5.41) is 24.2. The number of nitrogens with one attached hydrogen (secondary N) is 4. The molecule has 4 heterocycles. The topological polar surface area (TPSA) is 183 Å². The fourth-order valence-electron chi connectivity index (χ4n) is 5.44. The van der Waals surface area contributed by atoms with Crippen LogP contribution >= 0.6 is 11.8 Å². The van der Waals surface area contributed by atoms with E-state index >= 15 is 0 Å². The minimum absolute atomic E-state index is 0.0193. The van der Waals surface area contributed by atoms with Gasteiger partial charge >= 0.3 is 5.97 Å². The molecule has 4 aliphatic rings. The number of nitrogens with zero attached hydrogens (tertiary/aromatic N) is 1. The number of hydrogen-bond donors (Lipinski definition) is 6. The number of carbonyl (C=O) groups is 3. The summed E-state index contributed by atoms with van der Waals surface area (Å²) in [5.74, 6) is -2.23. The number of carboxylic acid groups (broad SMARTS) is 1. The number of amides is 2. The highest BCUT2D eigenvalue weighted by Gasteiger charge is 2.60. The van der Waals surface area contributed by atoms with Gasteiger partial charge in [0.25, 0.3) is 10.2 Å². The van der Waals surface area contributed by atoms with Crippen LogP contribution in [0.25, 0.3) is 0 Å². The third kappa shape index (κ3) is 4.97. The predicted octanol–water partition coefficient (Wildman–Crippen LogP) is -1.73. The summed E-state index contributed by atoms with van der Waals surface area (Å²) in [6.45, 7) is 5.25. The first kappa shape index (κ1) is 25.4. The Morgan fingerprint density at radius 1 is 1.35 bits per heavy atom. The van der Waals surface area contributed by atoms with E-state index in [0.717, 1.165) is 19.4 Å². The van der Waals surface area contributed by atoms with Gasteiger partial charge in [-0.1, -0.05) is 6.92 Å². The SMILES string of the molecule is CC(NC(=O)[C@H]1CCCN1)[C@H]1C(=O)N2C(C(=O)O)=C(S[C@@H]3CN[C@H](CNS(N)(=O)=O)C3)[C@H](C)[C@H]12. The number of hydrogen-bond acceptors (Lipinski definition) is 8. The number of carbonyl (C=O) groups excluding carboxylic acids is 2. The monoisotopic (exact) mass is 516 g/mol. The van der Waals surface area contributed by atoms with Crippen LogP contribution in [0.3, 0.4) is 0 Å². The van der Waals surface area contributed by atoms with Crippen LogP contribution in [-0.4, -0.2) is 85.3 Å². The zero-order valence-electron chi connectivity index (χ0n) is 19.1. The molecule has 0 aliphatic carbocycles. The average Bonchev–Trinajstić information content (AvgIpc) is 3.47. The maximum atomic E-state index is 13.0. The van der Waals surface area contributed by atoms with Crippen molar-refractivity contribution in [2.45, 2.75) is 62.5 Å². The summed E-state index contributed by atoms with van der Waals surface area (Å²) in [5.41, 5.74) is 0.0193. The number of β-lactam (4-membered cyclic amide) rings is 1. The fourth-order valence-corrected chi connectivity index (χ4v) is 7.40. The van der Waals surface area contributed by atoms with Crippen LogP contribution in [0.5, 0.6) is 0 Å². The van der Waals surface area contributed by atoms with E-state index in [-0.39, 0.29) is 53.3 Å². The second kappa shape index (κ2) is 9.74. The van der Waals surface area contributed by atoms with E-state index in [2.05, 4.69) is 20.7 Å². The van der Waals surface area contributed by atoms with Crippen LogP contribution in [0.2, 0.25) is 0 Å². The van der Waals surface area contributed by atoms with Crippen LogP contribution in [0.4, 0.5) is 0 Å². The minimum atomic E-state index is -3.78. The van der Waals surface area contributed by atoms with Gasteiger partial charge in [-0.25, -0.2) is 14.7 Å². The molecule has 1 unspecified atom stereocenters. The third-order valence-electron chi connectivity index (χ3n) is 7.08. The van der Waals surface area contributed by atoms with Crippen molar-refractivity contribution in [1.29, 1.82) is 0 Å². The molecule has 190 valence electrons. The fraction of sp³-hybridized carbons (Fsp3) is 0.750. The van der Waals surface area contributed by atoms with Gasteiger partial charge < -0.3 is 26.0 Å². The molecule has 0 radical (unpaired) electrons. The highest BCUT2D eigenvalue weighted by molar-refractivity contribution is 8.03. The standard InChI is InChI=1S/C20H32N6O6S2/c1-9-15-14(10(2)25-18(27)13-4-3-5-22-13)19(28)26(15)16(20(29)30)17(9)33-12-6-11(23-8-12)7-24-34(21,31)32/h9-15,22-24H,3-8H2,1-2H3,(H,25,27)(H,29,30)(H2,21,31,32)/t9-,10?,11+,12+,13-,14-,15-/m1/s1. The Kier molecular flexibility index (Phi) is 7.27. The molecule has 7 atom stereocenters. The molecule has 0 aromatic rings. The Balaban J connectivity index is 1.42. The zero-order valence-corrected chi connectivity index (χ0v) is 20.7. The molecule has 3 saturated heterocycles. The molecular weight excluding hydrogens is 484 g/mol. The van der Waals surface area contributed by atoms with Gasteiger partial charge in [0, 0.05) is 41.2 Å². The van der Waals surface area contributed by atoms with Gasteiger partial charge in [0.05, 0.1) is 18.0 Å². The van der Waals surface area contributed by atoms with Crippen molar-refractivity contribution < 1.29 is 27.9 Å². The molecule has 14 heteroatoms. The van der Waals surface area contributed by atoms with Gasteiger partial charge in [0.2, 0.25) is 11.8 Å². The Morgan fingerprint density at radius 3 is 2.71 bits per heavy atom. The molecular formula is C20H32N6O6S2. The second-order valence-corrected chi connectivity index (χ2v) is 12.2. The van der Waals surface area contributed by atoms with E-state index < -0.39 is 28.1 Å². The van der Waals surface area contributed by atoms with E-state index in [1.807, 2.05) is 6.92 Å². The van der Waals surface area contributed by atoms with E-state index in [1.54, 1.807) is 6.92 Å². The van der Waals surface area contributed by atoms with Crippen molar-refractivity contribution in [2.75, 3.05) is 19.6 Å². The number of rotatable bonds is 9. The normalized spacial score (nSPS) is 34.2. The van der Waals surface area contributed by atoms with E-state index in [0.29, 0.717) is 17.9 Å². The maximum Gasteiger partial charge on any atom is 0.353 e. The molecule has 0 aromatic heterocycles. The molecule has 12 nitrogen and oxygen atoms in total. The number of fused-ring (bicyclic) bond motifs is 1. The van der Waals surface area contributed by atoms with Crippen molar-refractivity contribution in [1.82, 2.24) is 25.6 Å². The van der Waals surface area contributed by atoms with Gasteiger partial charge in [-0.3, -0.25) is 9.59 Å². The van der Waals surface area contributed by atoms with Crippen molar-refractivity contribution in [2.24, 2.45) is 17.0 Å². The first-order valence-electron chi connectivity index (χ1n) is 11.5. The first-order valence-corrected chi connectivity index (χ1v) is 13.9. The summed E-state index contributed by atoms with van der Waals surface area (Å²) in [4.78, 5) is 39.7. The van der Waals surface area contributed by atoms with Crippen molar-refractivity contribution >= 4 is 39.8 Å². The van der Waals surface area contributed by atoms with Crippen LogP contribution in [-0.2, 0) is 24.6 Å². The van der Waals surface area contributed by atoms with Gasteiger partial charge in [-0.2, -0.15) is 8.42 Å². The van der Waals surface area contributed by atoms with Crippen LogP contribution in [0.15, 0.2) is 10.6 Å². The summed E-state index contributed by atoms with van der Waals surface area (Å²) >= 11 is 1.43. The molecule has 4 aliphatic heterocycles. The summed E-state index contributed by atoms with van der Waals surface area (Å²) in [6, 6.07) is -1.10. The van der Waals surface area contributed by atoms with Gasteiger partial charge in [-0.05, 0) is 32.7 Å². The van der Waals surface area contributed by atoms with Crippen molar-refractivity contribution in [3.8, 4) is 0 Å². The van der Waals surface area contributed by atoms with Gasteiger partial charge in [0.15, 0.2) is 0 Å². The zero-order chi connectivity index (χ0) is 24.8. The van der Waals surface area contributed by atoms with Crippen LogP contribution in [0, 0.1) is 11.8 Å². The molecule has 7 N–H and O–H groups in total. The molecule has 34 heavy (non-hydrogen) atoms. The maximum absolute atomic E-state index is 13.0. The smallest absolute Gasteiger partial charge is 0.353 e. The summed E-state index contributed by atoms with van der Waals surface area (Å²) in [6.07, 6.45) is 2.32. The number of carboxylic acids is 1.